The molecule has 0 amide bonds. The number of pyridine rings is 1. The lowest BCUT2D eigenvalue weighted by Gasteiger charge is -1.96. The molecule has 4 heteroatoms. The van der Waals surface area contributed by atoms with Gasteiger partial charge in [-0.05, 0) is 13.0 Å². The third-order valence-corrected chi connectivity index (χ3v) is 1.65. The largest absolute Gasteiger partial charge is 0.305 e. The predicted octanol–water partition coefficient (Wildman–Crippen LogP) is 0.576. The molecule has 2 nitrogen and oxygen atoms in total. The lowest BCUT2D eigenvalue weighted by molar-refractivity contribution is 0.631. The first kappa shape index (κ1) is 7.34. The quantitative estimate of drug-likeness (QED) is 0.515. The number of rotatable bonds is 0. The van der Waals surface area contributed by atoms with Crippen LogP contribution in [-0.4, -0.2) is 17.2 Å². The van der Waals surface area contributed by atoms with E-state index in [0.717, 1.165) is 5.69 Å². The van der Waals surface area contributed by atoms with Gasteiger partial charge in [0.2, 0.25) is 0 Å². The van der Waals surface area contributed by atoms with Crippen LogP contribution in [0.25, 0.3) is 5.65 Å². The molecule has 0 fully saturated rings. The molecule has 2 rings (SSSR count). The zero-order valence-electron chi connectivity index (χ0n) is 6.58. The summed E-state index contributed by atoms with van der Waals surface area (Å²) in [6, 6.07) is 1.27. The number of hydrogen-bond donors (Lipinski definition) is 0. The first-order valence-corrected chi connectivity index (χ1v) is 3.57. The molecule has 58 valence electrons. The Labute approximate surface area is 70.5 Å². The molecule has 0 aliphatic rings. The van der Waals surface area contributed by atoms with Gasteiger partial charge in [-0.2, -0.15) is 0 Å². The molecule has 0 N–H and O–H groups in total. The van der Waals surface area contributed by atoms with Crippen LogP contribution >= 0.6 is 0 Å². The van der Waals surface area contributed by atoms with Crippen molar-refractivity contribution < 1.29 is 4.39 Å². The van der Waals surface area contributed by atoms with Crippen molar-refractivity contribution in [2.24, 2.45) is 0 Å². The van der Waals surface area contributed by atoms with Crippen LogP contribution in [0.1, 0.15) is 5.69 Å². The summed E-state index contributed by atoms with van der Waals surface area (Å²) in [5, 5.41) is 0. The van der Waals surface area contributed by atoms with E-state index in [1.54, 1.807) is 16.8 Å². The lowest BCUT2D eigenvalue weighted by Crippen LogP contribution is -2.06. The van der Waals surface area contributed by atoms with E-state index in [2.05, 4.69) is 4.98 Å². The van der Waals surface area contributed by atoms with Gasteiger partial charge in [-0.15, -0.1) is 0 Å². The van der Waals surface area contributed by atoms with Gasteiger partial charge in [-0.3, -0.25) is 0 Å². The normalized spacial score (nSPS) is 10.8. The van der Waals surface area contributed by atoms with Crippen LogP contribution in [0, 0.1) is 12.7 Å². The lowest BCUT2D eigenvalue weighted by atomic mass is 9.99. The minimum atomic E-state index is -0.386. The summed E-state index contributed by atoms with van der Waals surface area (Å²) in [5.74, 6) is -0.386. The van der Waals surface area contributed by atoms with Gasteiger partial charge in [0, 0.05) is 12.4 Å². The molecule has 2 aromatic heterocycles. The minimum absolute atomic E-state index is 0.321. The number of nitrogens with zero attached hydrogens (tertiary/aromatic N) is 2. The van der Waals surface area contributed by atoms with Crippen LogP contribution in [0.3, 0.4) is 0 Å². The highest BCUT2D eigenvalue weighted by molar-refractivity contribution is 6.32. The summed E-state index contributed by atoms with van der Waals surface area (Å²) >= 11 is 0. The van der Waals surface area contributed by atoms with Crippen LogP contribution in [0.5, 0.6) is 0 Å². The fourth-order valence-corrected chi connectivity index (χ4v) is 1.20. The van der Waals surface area contributed by atoms with Gasteiger partial charge in [0.1, 0.15) is 7.85 Å². The van der Waals surface area contributed by atoms with Crippen LogP contribution in [0.2, 0.25) is 0 Å². The maximum absolute atomic E-state index is 13.1. The van der Waals surface area contributed by atoms with E-state index in [1.165, 1.54) is 6.07 Å². The van der Waals surface area contributed by atoms with Crippen LogP contribution in [0.15, 0.2) is 18.5 Å². The first-order valence-electron chi connectivity index (χ1n) is 3.57. The Balaban J connectivity index is 2.88. The molecular weight excluding hydrogens is 154 g/mol. The zero-order valence-corrected chi connectivity index (χ0v) is 6.58. The molecule has 0 spiro atoms. The molecule has 0 bridgehead atoms. The van der Waals surface area contributed by atoms with Gasteiger partial charge >= 0.3 is 0 Å². The number of hydrogen-bond acceptors (Lipinski definition) is 1. The van der Waals surface area contributed by atoms with Crippen molar-refractivity contribution in [3.8, 4) is 0 Å². The molecule has 2 aromatic rings. The van der Waals surface area contributed by atoms with E-state index in [1.807, 2.05) is 6.92 Å². The summed E-state index contributed by atoms with van der Waals surface area (Å²) < 4.78 is 14.7. The van der Waals surface area contributed by atoms with Gasteiger partial charge < -0.3 is 4.40 Å². The standard InChI is InChI=1S/C8H6BFN2/c1-5-3-12-4-6(9)2-7(10)8(12)11-5/h2-4H,1H3. The fourth-order valence-electron chi connectivity index (χ4n) is 1.20. The van der Waals surface area contributed by atoms with Gasteiger partial charge in [-0.25, -0.2) is 9.37 Å². The Morgan fingerprint density at radius 3 is 3.00 bits per heavy atom. The summed E-state index contributed by atoms with van der Waals surface area (Å²) in [4.78, 5) is 3.99. The zero-order chi connectivity index (χ0) is 8.72. The Morgan fingerprint density at radius 2 is 2.25 bits per heavy atom. The molecule has 0 aliphatic heterocycles. The number of halogens is 1. The van der Waals surface area contributed by atoms with Gasteiger partial charge in [0.05, 0.1) is 5.69 Å². The van der Waals surface area contributed by atoms with Crippen LogP contribution in [0.4, 0.5) is 4.39 Å². The topological polar surface area (TPSA) is 17.3 Å². The maximum atomic E-state index is 13.1. The van der Waals surface area contributed by atoms with Crippen molar-refractivity contribution in [1.82, 2.24) is 9.38 Å². The minimum Gasteiger partial charge on any atom is -0.305 e. The van der Waals surface area contributed by atoms with Crippen molar-refractivity contribution in [2.75, 3.05) is 0 Å². The van der Waals surface area contributed by atoms with E-state index >= 15 is 0 Å². The SMILES string of the molecule is [B]c1cc(F)c2nc(C)cn2c1. The van der Waals surface area contributed by atoms with Crippen molar-refractivity contribution in [3.05, 3.63) is 30.0 Å². The highest BCUT2D eigenvalue weighted by atomic mass is 19.1. The smallest absolute Gasteiger partial charge is 0.173 e. The van der Waals surface area contributed by atoms with Gasteiger partial charge in [0.15, 0.2) is 11.5 Å². The third-order valence-electron chi connectivity index (χ3n) is 1.65. The second-order valence-corrected chi connectivity index (χ2v) is 2.73. The molecular formula is C8H6BFN2. The van der Waals surface area contributed by atoms with E-state index in [0.29, 0.717) is 11.1 Å². The number of aromatic nitrogens is 2. The molecule has 0 saturated heterocycles. The second-order valence-electron chi connectivity index (χ2n) is 2.73. The van der Waals surface area contributed by atoms with Crippen molar-refractivity contribution >= 4 is 19.0 Å². The molecule has 0 aliphatic carbocycles. The molecule has 12 heavy (non-hydrogen) atoms. The average Bonchev–Trinajstić information content (AvgIpc) is 2.29. The third kappa shape index (κ3) is 0.997. The Hall–Kier alpha value is -1.32. The summed E-state index contributed by atoms with van der Waals surface area (Å²) in [6.07, 6.45) is 3.37. The fraction of sp³-hybridized carbons (Fsp3) is 0.125. The van der Waals surface area contributed by atoms with Crippen molar-refractivity contribution in [3.63, 3.8) is 0 Å². The summed E-state index contributed by atoms with van der Waals surface area (Å²) in [6.45, 7) is 1.81. The Morgan fingerprint density at radius 1 is 1.50 bits per heavy atom. The first-order chi connectivity index (χ1) is 5.66. The summed E-state index contributed by atoms with van der Waals surface area (Å²) in [5.41, 5.74) is 1.50. The molecule has 2 heterocycles. The monoisotopic (exact) mass is 160 g/mol. The highest BCUT2D eigenvalue weighted by Gasteiger charge is 2.03. The summed E-state index contributed by atoms with van der Waals surface area (Å²) in [7, 11) is 5.45. The van der Waals surface area contributed by atoms with E-state index < -0.39 is 0 Å². The Kier molecular flexibility index (Phi) is 1.43. The van der Waals surface area contributed by atoms with Gasteiger partial charge in [-0.1, -0.05) is 5.46 Å². The van der Waals surface area contributed by atoms with E-state index in [9.17, 15) is 4.39 Å². The van der Waals surface area contributed by atoms with Crippen LogP contribution < -0.4 is 5.46 Å². The van der Waals surface area contributed by atoms with E-state index in [4.69, 9.17) is 7.85 Å². The molecule has 2 radical (unpaired) electrons. The number of imidazole rings is 1. The van der Waals surface area contributed by atoms with Gasteiger partial charge in [0.25, 0.3) is 0 Å². The predicted molar refractivity (Wildman–Crippen MR) is 45.3 cm³/mol. The second kappa shape index (κ2) is 2.34. The van der Waals surface area contributed by atoms with E-state index in [-0.39, 0.29) is 5.82 Å². The molecule has 0 saturated carbocycles. The molecule has 0 atom stereocenters. The molecule has 0 aromatic carbocycles. The molecule has 0 unspecified atom stereocenters. The van der Waals surface area contributed by atoms with Crippen LogP contribution in [-0.2, 0) is 0 Å². The number of fused-ring (bicyclic) bond motifs is 1. The highest BCUT2D eigenvalue weighted by Crippen LogP contribution is 2.06. The van der Waals surface area contributed by atoms with Crippen molar-refractivity contribution in [1.29, 1.82) is 0 Å². The number of aryl methyl sites for hydroxylation is 1. The Bertz CT molecular complexity index is 436. The maximum Gasteiger partial charge on any atom is 0.173 e. The average molecular weight is 160 g/mol. The van der Waals surface area contributed by atoms with Crippen molar-refractivity contribution in [2.45, 2.75) is 6.92 Å².